The summed E-state index contributed by atoms with van der Waals surface area (Å²) in [6.45, 7) is 8.25. The van der Waals surface area contributed by atoms with E-state index in [9.17, 15) is 9.59 Å². The molecule has 0 bridgehead atoms. The molecular weight excluding hydrogens is 298 g/mol. The van der Waals surface area contributed by atoms with E-state index in [1.165, 1.54) is 11.3 Å². The zero-order valence-electron chi connectivity index (χ0n) is 14.1. The lowest BCUT2D eigenvalue weighted by molar-refractivity contribution is -0.116. The maximum Gasteiger partial charge on any atom is 0.341 e. The van der Waals surface area contributed by atoms with Crippen LogP contribution in [-0.2, 0) is 16.0 Å². The SMILES string of the molecule is CCCCCCC(=O)Nc1sc(C)c(CC)c1C(=O)OCC. The molecule has 0 aliphatic heterocycles. The lowest BCUT2D eigenvalue weighted by Gasteiger charge is -2.08. The standard InChI is InChI=1S/C17H27NO3S/c1-5-8-9-10-11-14(19)18-16-15(17(20)21-7-3)13(6-2)12(4)22-16/h5-11H2,1-4H3,(H,18,19). The molecule has 1 heterocycles. The first-order valence-electron chi connectivity index (χ1n) is 8.14. The van der Waals surface area contributed by atoms with Crippen molar-refractivity contribution in [2.24, 2.45) is 0 Å². The molecule has 0 unspecified atom stereocenters. The number of rotatable bonds is 9. The first-order valence-corrected chi connectivity index (χ1v) is 8.95. The Labute approximate surface area is 137 Å². The smallest absolute Gasteiger partial charge is 0.341 e. The fraction of sp³-hybridized carbons (Fsp3) is 0.647. The van der Waals surface area contributed by atoms with E-state index in [0.29, 0.717) is 23.6 Å². The number of amides is 1. The molecule has 0 aliphatic carbocycles. The summed E-state index contributed by atoms with van der Waals surface area (Å²) in [5.74, 6) is -0.365. The third kappa shape index (κ3) is 5.13. The summed E-state index contributed by atoms with van der Waals surface area (Å²) in [4.78, 5) is 25.3. The van der Waals surface area contributed by atoms with Gasteiger partial charge in [0.05, 0.1) is 12.2 Å². The molecule has 0 fully saturated rings. The van der Waals surface area contributed by atoms with Gasteiger partial charge < -0.3 is 10.1 Å². The number of thiophene rings is 1. The molecule has 0 spiro atoms. The van der Waals surface area contributed by atoms with Gasteiger partial charge in [-0.25, -0.2) is 4.79 Å². The van der Waals surface area contributed by atoms with Crippen molar-refractivity contribution >= 4 is 28.2 Å². The van der Waals surface area contributed by atoms with Gasteiger partial charge in [0.2, 0.25) is 5.91 Å². The van der Waals surface area contributed by atoms with Gasteiger partial charge in [-0.15, -0.1) is 11.3 Å². The summed E-state index contributed by atoms with van der Waals surface area (Å²) < 4.78 is 5.14. The molecule has 0 saturated heterocycles. The Morgan fingerprint density at radius 2 is 1.86 bits per heavy atom. The van der Waals surface area contributed by atoms with Gasteiger partial charge >= 0.3 is 5.97 Å². The Kier molecular flexibility index (Phi) is 8.17. The summed E-state index contributed by atoms with van der Waals surface area (Å²) in [7, 11) is 0. The van der Waals surface area contributed by atoms with E-state index in [2.05, 4.69) is 12.2 Å². The molecule has 124 valence electrons. The van der Waals surface area contributed by atoms with Crippen LogP contribution in [0, 0.1) is 6.92 Å². The summed E-state index contributed by atoms with van der Waals surface area (Å²) in [5.41, 5.74) is 1.51. The molecule has 0 atom stereocenters. The maximum atomic E-state index is 12.2. The fourth-order valence-corrected chi connectivity index (χ4v) is 3.56. The minimum Gasteiger partial charge on any atom is -0.462 e. The molecule has 0 saturated carbocycles. The van der Waals surface area contributed by atoms with Crippen molar-refractivity contribution in [1.29, 1.82) is 0 Å². The summed E-state index contributed by atoms with van der Waals surface area (Å²) in [5, 5.41) is 3.53. The quantitative estimate of drug-likeness (QED) is 0.528. The van der Waals surface area contributed by atoms with Gasteiger partial charge in [-0.3, -0.25) is 4.79 Å². The highest BCUT2D eigenvalue weighted by Gasteiger charge is 2.23. The van der Waals surface area contributed by atoms with Crippen molar-refractivity contribution in [3.8, 4) is 0 Å². The van der Waals surface area contributed by atoms with Crippen LogP contribution in [0.2, 0.25) is 0 Å². The number of aryl methyl sites for hydroxylation is 1. The number of unbranched alkanes of at least 4 members (excludes halogenated alkanes) is 3. The fourth-order valence-electron chi connectivity index (χ4n) is 2.41. The molecule has 0 radical (unpaired) electrons. The van der Waals surface area contributed by atoms with Gasteiger partial charge in [-0.1, -0.05) is 33.1 Å². The Bertz CT molecular complexity index is 508. The van der Waals surface area contributed by atoms with Crippen molar-refractivity contribution in [2.45, 2.75) is 66.2 Å². The molecule has 1 rings (SSSR count). The van der Waals surface area contributed by atoms with Crippen LogP contribution < -0.4 is 5.32 Å². The third-order valence-corrected chi connectivity index (χ3v) is 4.62. The highest BCUT2D eigenvalue weighted by atomic mass is 32.1. The lowest BCUT2D eigenvalue weighted by Crippen LogP contribution is -2.14. The van der Waals surface area contributed by atoms with Gasteiger partial charge in [0.25, 0.3) is 0 Å². The molecule has 1 amide bonds. The highest BCUT2D eigenvalue weighted by molar-refractivity contribution is 7.16. The predicted molar refractivity (Wildman–Crippen MR) is 91.8 cm³/mol. The second-order valence-electron chi connectivity index (χ2n) is 5.27. The number of nitrogens with one attached hydrogen (secondary N) is 1. The van der Waals surface area contributed by atoms with Crippen molar-refractivity contribution in [1.82, 2.24) is 0 Å². The van der Waals surface area contributed by atoms with Gasteiger partial charge in [-0.2, -0.15) is 0 Å². The van der Waals surface area contributed by atoms with Crippen molar-refractivity contribution in [3.63, 3.8) is 0 Å². The van der Waals surface area contributed by atoms with Crippen LogP contribution >= 0.6 is 11.3 Å². The van der Waals surface area contributed by atoms with Crippen LogP contribution in [0.1, 0.15) is 73.7 Å². The zero-order valence-corrected chi connectivity index (χ0v) is 14.9. The molecule has 4 nitrogen and oxygen atoms in total. The number of hydrogen-bond donors (Lipinski definition) is 1. The van der Waals surface area contributed by atoms with Gasteiger partial charge in [-0.05, 0) is 32.3 Å². The zero-order chi connectivity index (χ0) is 16.5. The van der Waals surface area contributed by atoms with E-state index in [1.54, 1.807) is 6.92 Å². The number of hydrogen-bond acceptors (Lipinski definition) is 4. The summed E-state index contributed by atoms with van der Waals surface area (Å²) in [6.07, 6.45) is 5.51. The Balaban J connectivity index is 2.81. The first kappa shape index (κ1) is 18.7. The van der Waals surface area contributed by atoms with Crippen molar-refractivity contribution in [3.05, 3.63) is 16.0 Å². The van der Waals surface area contributed by atoms with E-state index >= 15 is 0 Å². The molecular formula is C17H27NO3S. The molecule has 1 N–H and O–H groups in total. The second kappa shape index (κ2) is 9.62. The Morgan fingerprint density at radius 1 is 1.14 bits per heavy atom. The van der Waals surface area contributed by atoms with E-state index in [1.807, 2.05) is 13.8 Å². The van der Waals surface area contributed by atoms with E-state index in [-0.39, 0.29) is 11.9 Å². The normalized spacial score (nSPS) is 10.5. The minimum atomic E-state index is -0.343. The van der Waals surface area contributed by atoms with Crippen LogP contribution in [0.5, 0.6) is 0 Å². The monoisotopic (exact) mass is 325 g/mol. The number of anilines is 1. The average Bonchev–Trinajstić information content (AvgIpc) is 2.79. The van der Waals surface area contributed by atoms with Crippen LogP contribution in [-0.4, -0.2) is 18.5 Å². The van der Waals surface area contributed by atoms with Crippen molar-refractivity contribution in [2.75, 3.05) is 11.9 Å². The third-order valence-electron chi connectivity index (χ3n) is 3.55. The topological polar surface area (TPSA) is 55.4 Å². The van der Waals surface area contributed by atoms with Crippen LogP contribution in [0.25, 0.3) is 0 Å². The second-order valence-corrected chi connectivity index (χ2v) is 6.50. The lowest BCUT2D eigenvalue weighted by atomic mass is 10.1. The first-order chi connectivity index (χ1) is 10.5. The molecule has 22 heavy (non-hydrogen) atoms. The van der Waals surface area contributed by atoms with E-state index in [0.717, 1.165) is 42.5 Å². The number of ether oxygens (including phenoxy) is 1. The van der Waals surface area contributed by atoms with Gasteiger partial charge in [0, 0.05) is 11.3 Å². The van der Waals surface area contributed by atoms with Crippen LogP contribution in [0.4, 0.5) is 5.00 Å². The predicted octanol–water partition coefficient (Wildman–Crippen LogP) is 4.70. The molecule has 1 aromatic heterocycles. The molecule has 0 aliphatic rings. The number of esters is 1. The molecule has 1 aromatic rings. The highest BCUT2D eigenvalue weighted by Crippen LogP contribution is 2.34. The van der Waals surface area contributed by atoms with E-state index < -0.39 is 0 Å². The average molecular weight is 325 g/mol. The molecule has 0 aromatic carbocycles. The number of carbonyl (C=O) groups is 2. The largest absolute Gasteiger partial charge is 0.462 e. The van der Waals surface area contributed by atoms with Gasteiger partial charge in [0.15, 0.2) is 0 Å². The van der Waals surface area contributed by atoms with E-state index in [4.69, 9.17) is 4.74 Å². The summed E-state index contributed by atoms with van der Waals surface area (Å²) >= 11 is 1.46. The molecule has 5 heteroatoms. The van der Waals surface area contributed by atoms with Gasteiger partial charge in [0.1, 0.15) is 5.00 Å². The number of carbonyl (C=O) groups excluding carboxylic acids is 2. The maximum absolute atomic E-state index is 12.2. The summed E-state index contributed by atoms with van der Waals surface area (Å²) in [6, 6.07) is 0. The van der Waals surface area contributed by atoms with Crippen LogP contribution in [0.3, 0.4) is 0 Å². The van der Waals surface area contributed by atoms with Crippen molar-refractivity contribution < 1.29 is 14.3 Å². The Hall–Kier alpha value is -1.36. The Morgan fingerprint density at radius 3 is 2.45 bits per heavy atom. The van der Waals surface area contributed by atoms with Crippen LogP contribution in [0.15, 0.2) is 0 Å². The minimum absolute atomic E-state index is 0.0226.